The molecular formula is C18H18N12O5S3. The second kappa shape index (κ2) is 10.4. The number of amides is 2. The number of thiazole rings is 1. The molecule has 0 saturated carbocycles. The van der Waals surface area contributed by atoms with Gasteiger partial charge in [0.15, 0.2) is 16.0 Å². The molecule has 5 heterocycles. The zero-order chi connectivity index (χ0) is 27.0. The second-order valence-electron chi connectivity index (χ2n) is 7.73. The van der Waals surface area contributed by atoms with Crippen LogP contribution in [0.2, 0.25) is 0 Å². The summed E-state index contributed by atoms with van der Waals surface area (Å²) in [5.41, 5.74) is 5.28. The number of carbonyl (C=O) groups is 2. The summed E-state index contributed by atoms with van der Waals surface area (Å²) in [6, 6.07) is -0.858. The molecule has 1 fully saturated rings. The van der Waals surface area contributed by atoms with Crippen molar-refractivity contribution in [2.45, 2.75) is 16.6 Å². The molecule has 2 aliphatic rings. The Balaban J connectivity index is 1.38. The molecule has 1 saturated heterocycles. The number of aromatic amines is 2. The largest absolute Gasteiger partial charge is 0.398 e. The molecule has 5 rings (SSSR count). The number of rotatable bonds is 8. The summed E-state index contributed by atoms with van der Waals surface area (Å²) < 4.78 is 1.34. The van der Waals surface area contributed by atoms with Gasteiger partial charge >= 0.3 is 11.1 Å². The number of aromatic nitrogens is 8. The molecule has 2 aliphatic heterocycles. The standard InChI is InChI=1S/C18H18N12O5S3/c1-29-18(22-13(32)14(33)25-29)38-4-6-3-36-16-9(15(34)30(16)10(6)11-23-27-28-24-11)21-12(31)8(26-35-2)7-5-37-17(19)20-7/h5,9,16H,3-4H2,1-2H3,(H2,19,20)(H,21,31)(H,25,33)(H,23,24,27,28)/b26-8+/t9-,16-/m1/s1. The molecule has 0 unspecified atom stereocenters. The summed E-state index contributed by atoms with van der Waals surface area (Å²) in [5.74, 6) is -0.0652. The number of nitrogens with two attached hydrogens (primary N) is 1. The molecule has 0 bridgehead atoms. The Morgan fingerprint density at radius 1 is 1.37 bits per heavy atom. The minimum Gasteiger partial charge on any atom is -0.398 e. The zero-order valence-corrected chi connectivity index (χ0v) is 22.0. The monoisotopic (exact) mass is 578 g/mol. The van der Waals surface area contributed by atoms with Crippen LogP contribution >= 0.6 is 34.9 Å². The van der Waals surface area contributed by atoms with Gasteiger partial charge in [0, 0.05) is 23.9 Å². The number of aryl methyl sites for hydroxylation is 1. The number of fused-ring (bicyclic) bond motifs is 1. The third kappa shape index (κ3) is 4.67. The minimum absolute atomic E-state index is 0.113. The lowest BCUT2D eigenvalue weighted by Crippen LogP contribution is -2.70. The zero-order valence-electron chi connectivity index (χ0n) is 19.6. The highest BCUT2D eigenvalue weighted by molar-refractivity contribution is 8.01. The van der Waals surface area contributed by atoms with Crippen LogP contribution in [0.5, 0.6) is 0 Å². The van der Waals surface area contributed by atoms with Gasteiger partial charge in [-0.25, -0.2) is 4.98 Å². The van der Waals surface area contributed by atoms with Crippen molar-refractivity contribution < 1.29 is 14.4 Å². The van der Waals surface area contributed by atoms with Crippen molar-refractivity contribution in [3.63, 3.8) is 0 Å². The van der Waals surface area contributed by atoms with E-state index in [9.17, 15) is 19.2 Å². The molecule has 0 aromatic carbocycles. The fraction of sp³-hybridized carbons (Fsp3) is 0.333. The Morgan fingerprint density at radius 3 is 2.87 bits per heavy atom. The average molecular weight is 579 g/mol. The van der Waals surface area contributed by atoms with Gasteiger partial charge in [0.25, 0.3) is 11.8 Å². The van der Waals surface area contributed by atoms with Crippen molar-refractivity contribution in [1.29, 1.82) is 0 Å². The quantitative estimate of drug-likeness (QED) is 0.0743. The van der Waals surface area contributed by atoms with Crippen LogP contribution in [-0.2, 0) is 21.5 Å². The van der Waals surface area contributed by atoms with Gasteiger partial charge in [-0.15, -0.1) is 33.3 Å². The highest BCUT2D eigenvalue weighted by Gasteiger charge is 2.54. The van der Waals surface area contributed by atoms with Crippen LogP contribution < -0.4 is 22.2 Å². The van der Waals surface area contributed by atoms with Gasteiger partial charge in [0.05, 0.1) is 5.70 Å². The van der Waals surface area contributed by atoms with Gasteiger partial charge in [-0.2, -0.15) is 10.2 Å². The number of carbonyl (C=O) groups excluding carboxylic acids is 2. The van der Waals surface area contributed by atoms with E-state index in [0.717, 1.165) is 16.9 Å². The van der Waals surface area contributed by atoms with Crippen molar-refractivity contribution in [3.05, 3.63) is 43.2 Å². The molecule has 0 aliphatic carbocycles. The van der Waals surface area contributed by atoms with Gasteiger partial charge in [0.2, 0.25) is 5.82 Å². The van der Waals surface area contributed by atoms with E-state index in [4.69, 9.17) is 10.6 Å². The SMILES string of the molecule is CO/N=C(/C(=O)N[C@@H]1C(=O)N2C(c3nn[nH]n3)=C(CSc3nc(=O)c(=O)[nH]n3C)CS[C@H]12)c1csc(N)n1. The lowest BCUT2D eigenvalue weighted by molar-refractivity contribution is -0.142. The number of β-lactam (4-membered cyclic amide) rings is 1. The topological polar surface area (TPSA) is 232 Å². The minimum atomic E-state index is -0.899. The first kappa shape index (κ1) is 25.6. The lowest BCUT2D eigenvalue weighted by atomic mass is 10.0. The molecule has 198 valence electrons. The summed E-state index contributed by atoms with van der Waals surface area (Å²) in [6.45, 7) is 0. The Morgan fingerprint density at radius 2 is 2.18 bits per heavy atom. The van der Waals surface area contributed by atoms with Gasteiger partial charge in [-0.05, 0) is 10.8 Å². The van der Waals surface area contributed by atoms with E-state index < -0.39 is 28.4 Å². The fourth-order valence-corrected chi connectivity index (χ4v) is 6.66. The van der Waals surface area contributed by atoms with Crippen molar-refractivity contribution in [1.82, 2.24) is 50.6 Å². The maximum absolute atomic E-state index is 13.3. The highest BCUT2D eigenvalue weighted by Crippen LogP contribution is 2.44. The molecule has 2 amide bonds. The summed E-state index contributed by atoms with van der Waals surface area (Å²) in [7, 11) is 2.85. The van der Waals surface area contributed by atoms with Crippen LogP contribution in [0.1, 0.15) is 11.5 Å². The maximum Gasteiger partial charge on any atom is 0.339 e. The normalized spacial score (nSPS) is 19.3. The van der Waals surface area contributed by atoms with Gasteiger partial charge < -0.3 is 15.9 Å². The van der Waals surface area contributed by atoms with Crippen LogP contribution in [0, 0.1) is 0 Å². The maximum atomic E-state index is 13.3. The molecule has 20 heteroatoms. The van der Waals surface area contributed by atoms with Crippen molar-refractivity contribution >= 4 is 63.2 Å². The third-order valence-electron chi connectivity index (χ3n) is 5.38. The molecule has 3 aromatic heterocycles. The Kier molecular flexibility index (Phi) is 6.99. The van der Waals surface area contributed by atoms with Crippen LogP contribution in [0.25, 0.3) is 5.70 Å². The number of anilines is 1. The van der Waals surface area contributed by atoms with Crippen LogP contribution in [0.3, 0.4) is 0 Å². The number of thioether (sulfide) groups is 2. The number of nitrogens with zero attached hydrogens (tertiary/aromatic N) is 8. The molecular weight excluding hydrogens is 560 g/mol. The second-order valence-corrected chi connectivity index (χ2v) is 10.7. The van der Waals surface area contributed by atoms with Crippen molar-refractivity contribution in [3.8, 4) is 0 Å². The third-order valence-corrected chi connectivity index (χ3v) is 8.51. The first-order chi connectivity index (χ1) is 18.3. The number of oxime groups is 1. The van der Waals surface area contributed by atoms with Crippen LogP contribution in [-0.4, -0.2) is 92.8 Å². The molecule has 0 spiro atoms. The molecule has 38 heavy (non-hydrogen) atoms. The van der Waals surface area contributed by atoms with E-state index >= 15 is 0 Å². The lowest BCUT2D eigenvalue weighted by Gasteiger charge is -2.49. The van der Waals surface area contributed by atoms with E-state index in [-0.39, 0.29) is 33.4 Å². The average Bonchev–Trinajstić information content (AvgIpc) is 3.58. The first-order valence-corrected chi connectivity index (χ1v) is 13.5. The number of hydrogen-bond donors (Lipinski definition) is 4. The first-order valence-electron chi connectivity index (χ1n) is 10.6. The van der Waals surface area contributed by atoms with Gasteiger partial charge in [-0.3, -0.25) is 33.9 Å². The summed E-state index contributed by atoms with van der Waals surface area (Å²) in [6.07, 6.45) is 0. The summed E-state index contributed by atoms with van der Waals surface area (Å²) >= 11 is 3.76. The number of H-pyrrole nitrogens is 2. The van der Waals surface area contributed by atoms with Crippen LogP contribution in [0.15, 0.2) is 30.9 Å². The summed E-state index contributed by atoms with van der Waals surface area (Å²) in [5, 5.41) is 24.6. The van der Waals surface area contributed by atoms with Crippen LogP contribution in [0.4, 0.5) is 5.13 Å². The molecule has 5 N–H and O–H groups in total. The Hall–Kier alpha value is -4.04. The smallest absolute Gasteiger partial charge is 0.339 e. The Labute approximate surface area is 224 Å². The van der Waals surface area contributed by atoms with E-state index in [0.29, 0.717) is 17.2 Å². The van der Waals surface area contributed by atoms with Crippen molar-refractivity contribution in [2.24, 2.45) is 12.2 Å². The van der Waals surface area contributed by atoms with Gasteiger partial charge in [-0.1, -0.05) is 16.9 Å². The van der Waals surface area contributed by atoms with E-state index in [1.165, 1.54) is 40.2 Å². The number of hydrogen-bond acceptors (Lipinski definition) is 15. The predicted octanol–water partition coefficient (Wildman–Crippen LogP) is -2.03. The van der Waals surface area contributed by atoms with Crippen molar-refractivity contribution in [2.75, 3.05) is 24.3 Å². The summed E-state index contributed by atoms with van der Waals surface area (Å²) in [4.78, 5) is 63.6. The molecule has 0 radical (unpaired) electrons. The molecule has 17 nitrogen and oxygen atoms in total. The fourth-order valence-electron chi connectivity index (χ4n) is 3.71. The van der Waals surface area contributed by atoms with Gasteiger partial charge in [0.1, 0.15) is 24.2 Å². The number of tetrazole rings is 1. The molecule has 2 atom stereocenters. The van der Waals surface area contributed by atoms with E-state index in [1.54, 1.807) is 12.4 Å². The predicted molar refractivity (Wildman–Crippen MR) is 137 cm³/mol. The highest BCUT2D eigenvalue weighted by atomic mass is 32.2. The Bertz CT molecular complexity index is 1580. The van der Waals surface area contributed by atoms with E-state index in [1.807, 2.05) is 0 Å². The number of nitrogen functional groups attached to an aromatic ring is 1. The molecule has 3 aromatic rings. The number of nitrogens with one attached hydrogen (secondary N) is 3. The van der Waals surface area contributed by atoms with E-state index in [2.05, 4.69) is 46.2 Å².